The molecule has 19 heavy (non-hydrogen) atoms. The molecule has 0 unspecified atom stereocenters. The predicted molar refractivity (Wildman–Crippen MR) is 71.1 cm³/mol. The number of benzene rings is 1. The van der Waals surface area contributed by atoms with Crippen LogP contribution in [-0.4, -0.2) is 37.1 Å². The van der Waals surface area contributed by atoms with Gasteiger partial charge in [-0.2, -0.15) is 0 Å². The Morgan fingerprint density at radius 1 is 1.05 bits per heavy atom. The van der Waals surface area contributed by atoms with Gasteiger partial charge < -0.3 is 10.6 Å². The minimum Gasteiger partial charge on any atom is -0.364 e. The number of nitrogens with zero attached hydrogens (tertiary/aromatic N) is 2. The molecule has 2 N–H and O–H groups in total. The van der Waals surface area contributed by atoms with E-state index in [-0.39, 0.29) is 12.2 Å². The fourth-order valence-electron chi connectivity index (χ4n) is 2.79. The van der Waals surface area contributed by atoms with Gasteiger partial charge in [-0.25, -0.2) is 8.78 Å². The van der Waals surface area contributed by atoms with Gasteiger partial charge in [0.15, 0.2) is 0 Å². The minimum absolute atomic E-state index is 0.104. The molecule has 1 saturated carbocycles. The zero-order valence-corrected chi connectivity index (χ0v) is 10.9. The molecule has 3 nitrogen and oxygen atoms in total. The zero-order chi connectivity index (χ0) is 13.4. The molecule has 5 heteroatoms. The Morgan fingerprint density at radius 2 is 1.63 bits per heavy atom. The average molecular weight is 267 g/mol. The normalized spacial score (nSPS) is 20.9. The first-order valence-corrected chi connectivity index (χ1v) is 6.86. The Hall–Kier alpha value is -1.20. The van der Waals surface area contributed by atoms with Crippen LogP contribution < -0.4 is 10.6 Å². The number of rotatable bonds is 3. The molecule has 104 valence electrons. The third kappa shape index (κ3) is 2.58. The number of hydrogen-bond donors (Lipinski definition) is 1. The van der Waals surface area contributed by atoms with Crippen molar-refractivity contribution < 1.29 is 8.78 Å². The summed E-state index contributed by atoms with van der Waals surface area (Å²) in [4.78, 5) is 4.23. The SMILES string of the molecule is NCc1cc(F)c(N2CCN(C3CC3)CC2)c(F)c1. The smallest absolute Gasteiger partial charge is 0.149 e. The molecule has 0 aromatic heterocycles. The van der Waals surface area contributed by atoms with E-state index in [1.54, 1.807) is 0 Å². The standard InChI is InChI=1S/C14H19F2N3/c15-12-7-10(9-17)8-13(16)14(12)19-5-3-18(4-6-19)11-1-2-11/h7-8,11H,1-6,9,17H2. The van der Waals surface area contributed by atoms with E-state index in [0.29, 0.717) is 18.7 Å². The molecule has 0 atom stereocenters. The van der Waals surface area contributed by atoms with Crippen LogP contribution in [0.5, 0.6) is 0 Å². The summed E-state index contributed by atoms with van der Waals surface area (Å²) in [5.74, 6) is -0.999. The van der Waals surface area contributed by atoms with Gasteiger partial charge in [0.1, 0.15) is 17.3 Å². The Kier molecular flexibility index (Phi) is 3.41. The van der Waals surface area contributed by atoms with Crippen LogP contribution in [-0.2, 0) is 6.54 Å². The highest BCUT2D eigenvalue weighted by Crippen LogP contribution is 2.30. The van der Waals surface area contributed by atoms with E-state index in [4.69, 9.17) is 5.73 Å². The highest BCUT2D eigenvalue weighted by Gasteiger charge is 2.32. The molecule has 3 rings (SSSR count). The summed E-state index contributed by atoms with van der Waals surface area (Å²) in [6.45, 7) is 3.31. The van der Waals surface area contributed by atoms with Gasteiger partial charge in [-0.05, 0) is 30.5 Å². The first-order chi connectivity index (χ1) is 9.19. The van der Waals surface area contributed by atoms with Crippen molar-refractivity contribution in [1.82, 2.24) is 4.90 Å². The summed E-state index contributed by atoms with van der Waals surface area (Å²) < 4.78 is 28.0. The first-order valence-electron chi connectivity index (χ1n) is 6.86. The van der Waals surface area contributed by atoms with Gasteiger partial charge in [-0.3, -0.25) is 4.90 Å². The molecule has 1 aromatic rings. The lowest BCUT2D eigenvalue weighted by Gasteiger charge is -2.36. The highest BCUT2D eigenvalue weighted by atomic mass is 19.1. The lowest BCUT2D eigenvalue weighted by molar-refractivity contribution is 0.247. The zero-order valence-electron chi connectivity index (χ0n) is 10.9. The largest absolute Gasteiger partial charge is 0.364 e. The number of anilines is 1. The molecule has 2 fully saturated rings. The van der Waals surface area contributed by atoms with Crippen molar-refractivity contribution in [3.63, 3.8) is 0 Å². The van der Waals surface area contributed by atoms with Crippen LogP contribution in [0.15, 0.2) is 12.1 Å². The fraction of sp³-hybridized carbons (Fsp3) is 0.571. The molecule has 1 aliphatic carbocycles. The number of nitrogens with two attached hydrogens (primary N) is 1. The lowest BCUT2D eigenvalue weighted by atomic mass is 10.1. The summed E-state index contributed by atoms with van der Waals surface area (Å²) in [5, 5.41) is 0. The molecular formula is C14H19F2N3. The van der Waals surface area contributed by atoms with Crippen LogP contribution in [0.2, 0.25) is 0 Å². The van der Waals surface area contributed by atoms with Gasteiger partial charge in [-0.1, -0.05) is 0 Å². The van der Waals surface area contributed by atoms with Crippen LogP contribution in [0, 0.1) is 11.6 Å². The highest BCUT2D eigenvalue weighted by molar-refractivity contribution is 5.51. The van der Waals surface area contributed by atoms with E-state index in [1.165, 1.54) is 25.0 Å². The van der Waals surface area contributed by atoms with Crippen molar-refractivity contribution in [2.75, 3.05) is 31.1 Å². The topological polar surface area (TPSA) is 32.5 Å². The van der Waals surface area contributed by atoms with E-state index in [0.717, 1.165) is 19.1 Å². The van der Waals surface area contributed by atoms with Crippen LogP contribution in [0.25, 0.3) is 0 Å². The van der Waals surface area contributed by atoms with Crippen LogP contribution in [0.4, 0.5) is 14.5 Å². The Morgan fingerprint density at radius 3 is 2.11 bits per heavy atom. The molecule has 0 bridgehead atoms. The van der Waals surface area contributed by atoms with E-state index >= 15 is 0 Å². The van der Waals surface area contributed by atoms with Crippen LogP contribution >= 0.6 is 0 Å². The van der Waals surface area contributed by atoms with Crippen molar-refractivity contribution in [2.45, 2.75) is 25.4 Å². The second kappa shape index (κ2) is 5.06. The van der Waals surface area contributed by atoms with Gasteiger partial charge in [0, 0.05) is 38.8 Å². The van der Waals surface area contributed by atoms with Crippen molar-refractivity contribution >= 4 is 5.69 Å². The van der Waals surface area contributed by atoms with Crippen molar-refractivity contribution in [1.29, 1.82) is 0 Å². The number of piperazine rings is 1. The second-order valence-electron chi connectivity index (χ2n) is 5.37. The minimum atomic E-state index is -0.500. The third-order valence-corrected chi connectivity index (χ3v) is 4.01. The third-order valence-electron chi connectivity index (χ3n) is 4.01. The molecule has 1 saturated heterocycles. The van der Waals surface area contributed by atoms with Gasteiger partial charge in [0.05, 0.1) is 0 Å². The molecule has 1 aliphatic heterocycles. The van der Waals surface area contributed by atoms with Crippen molar-refractivity contribution in [2.24, 2.45) is 5.73 Å². The molecule has 0 spiro atoms. The molecule has 0 amide bonds. The maximum atomic E-state index is 14.0. The average Bonchev–Trinajstić information content (AvgIpc) is 3.23. The number of halogens is 2. The number of hydrogen-bond acceptors (Lipinski definition) is 3. The van der Waals surface area contributed by atoms with E-state index in [9.17, 15) is 8.78 Å². The summed E-state index contributed by atoms with van der Waals surface area (Å²) in [6.07, 6.45) is 2.54. The van der Waals surface area contributed by atoms with Crippen molar-refractivity contribution in [3.8, 4) is 0 Å². The Labute approximate surface area is 112 Å². The first kappa shape index (κ1) is 12.8. The summed E-state index contributed by atoms with van der Waals surface area (Å²) in [5.41, 5.74) is 6.02. The monoisotopic (exact) mass is 267 g/mol. The van der Waals surface area contributed by atoms with E-state index in [1.807, 2.05) is 4.90 Å². The Bertz CT molecular complexity index is 443. The fourth-order valence-corrected chi connectivity index (χ4v) is 2.79. The van der Waals surface area contributed by atoms with Gasteiger partial charge in [0.2, 0.25) is 0 Å². The van der Waals surface area contributed by atoms with Gasteiger partial charge >= 0.3 is 0 Å². The van der Waals surface area contributed by atoms with Gasteiger partial charge in [-0.15, -0.1) is 0 Å². The predicted octanol–water partition coefficient (Wildman–Crippen LogP) is 1.71. The second-order valence-corrected chi connectivity index (χ2v) is 5.37. The quantitative estimate of drug-likeness (QED) is 0.905. The summed E-state index contributed by atoms with van der Waals surface area (Å²) >= 11 is 0. The van der Waals surface area contributed by atoms with Crippen LogP contribution in [0.3, 0.4) is 0 Å². The maximum absolute atomic E-state index is 14.0. The lowest BCUT2D eigenvalue weighted by Crippen LogP contribution is -2.47. The van der Waals surface area contributed by atoms with Crippen LogP contribution in [0.1, 0.15) is 18.4 Å². The van der Waals surface area contributed by atoms with E-state index in [2.05, 4.69) is 4.90 Å². The van der Waals surface area contributed by atoms with Crippen molar-refractivity contribution in [3.05, 3.63) is 29.3 Å². The molecular weight excluding hydrogens is 248 g/mol. The molecule has 1 aromatic carbocycles. The van der Waals surface area contributed by atoms with Gasteiger partial charge in [0.25, 0.3) is 0 Å². The summed E-state index contributed by atoms with van der Waals surface area (Å²) in [7, 11) is 0. The molecule has 0 radical (unpaired) electrons. The summed E-state index contributed by atoms with van der Waals surface area (Å²) in [6, 6.07) is 3.40. The maximum Gasteiger partial charge on any atom is 0.149 e. The molecule has 1 heterocycles. The van der Waals surface area contributed by atoms with E-state index < -0.39 is 11.6 Å². The Balaban J connectivity index is 1.75. The molecule has 2 aliphatic rings.